The Labute approximate surface area is 112 Å². The summed E-state index contributed by atoms with van der Waals surface area (Å²) in [5.41, 5.74) is 2.26. The fraction of sp³-hybridized carbons (Fsp3) is 0.400. The second kappa shape index (κ2) is 5.99. The van der Waals surface area contributed by atoms with Gasteiger partial charge in [-0.2, -0.15) is 0 Å². The Bertz CT molecular complexity index is 484. The molecule has 100 valence electrons. The third kappa shape index (κ3) is 3.22. The van der Waals surface area contributed by atoms with E-state index in [1.54, 1.807) is 6.33 Å². The van der Waals surface area contributed by atoms with Gasteiger partial charge in [-0.1, -0.05) is 30.3 Å². The Kier molecular flexibility index (Phi) is 3.91. The first-order valence-electron chi connectivity index (χ1n) is 6.67. The van der Waals surface area contributed by atoms with Crippen LogP contribution in [0.4, 0.5) is 0 Å². The zero-order valence-electron chi connectivity index (χ0n) is 10.8. The Morgan fingerprint density at radius 1 is 1.26 bits per heavy atom. The summed E-state index contributed by atoms with van der Waals surface area (Å²) in [5, 5.41) is 0. The van der Waals surface area contributed by atoms with Crippen LogP contribution in [0, 0.1) is 0 Å². The van der Waals surface area contributed by atoms with Gasteiger partial charge in [0.25, 0.3) is 0 Å². The Balaban J connectivity index is 1.43. The summed E-state index contributed by atoms with van der Waals surface area (Å²) in [4.78, 5) is 7.13. The van der Waals surface area contributed by atoms with Crippen molar-refractivity contribution in [2.75, 3.05) is 6.61 Å². The van der Waals surface area contributed by atoms with E-state index < -0.39 is 0 Å². The van der Waals surface area contributed by atoms with Gasteiger partial charge in [-0.25, -0.2) is 4.98 Å². The average Bonchev–Trinajstić information content (AvgIpc) is 3.10. The highest BCUT2D eigenvalue weighted by molar-refractivity contribution is 5.13. The lowest BCUT2D eigenvalue weighted by Crippen LogP contribution is -2.14. The minimum atomic E-state index is 0.146. The molecule has 4 nitrogen and oxygen atoms in total. The summed E-state index contributed by atoms with van der Waals surface area (Å²) in [7, 11) is 0. The SMILES string of the molecule is c1ccc(COC[C@@H]2CC[C@H](c3cnc[nH]3)O2)cc1. The number of nitrogens with zero attached hydrogens (tertiary/aromatic N) is 1. The molecule has 1 aromatic heterocycles. The van der Waals surface area contributed by atoms with Crippen molar-refractivity contribution >= 4 is 0 Å². The summed E-state index contributed by atoms with van der Waals surface area (Å²) in [6.07, 6.45) is 5.93. The number of hydrogen-bond acceptors (Lipinski definition) is 3. The molecular weight excluding hydrogens is 240 g/mol. The fourth-order valence-corrected chi connectivity index (χ4v) is 2.38. The molecule has 1 aliphatic rings. The molecule has 19 heavy (non-hydrogen) atoms. The first-order valence-corrected chi connectivity index (χ1v) is 6.67. The molecule has 0 spiro atoms. The maximum atomic E-state index is 5.95. The lowest BCUT2D eigenvalue weighted by Gasteiger charge is -2.13. The Morgan fingerprint density at radius 2 is 2.16 bits per heavy atom. The highest BCUT2D eigenvalue weighted by Gasteiger charge is 2.27. The third-order valence-electron chi connectivity index (χ3n) is 3.39. The zero-order chi connectivity index (χ0) is 12.9. The van der Waals surface area contributed by atoms with Crippen LogP contribution in [0.3, 0.4) is 0 Å². The van der Waals surface area contributed by atoms with E-state index >= 15 is 0 Å². The number of ether oxygens (including phenoxy) is 2. The van der Waals surface area contributed by atoms with Crippen molar-refractivity contribution in [1.29, 1.82) is 0 Å². The number of aromatic nitrogens is 2. The number of nitrogens with one attached hydrogen (secondary N) is 1. The topological polar surface area (TPSA) is 47.1 Å². The van der Waals surface area contributed by atoms with E-state index in [2.05, 4.69) is 22.1 Å². The lowest BCUT2D eigenvalue weighted by molar-refractivity contribution is -0.0215. The summed E-state index contributed by atoms with van der Waals surface area (Å²) in [6, 6.07) is 10.2. The van der Waals surface area contributed by atoms with Crippen LogP contribution in [-0.4, -0.2) is 22.7 Å². The van der Waals surface area contributed by atoms with Crippen molar-refractivity contribution in [2.45, 2.75) is 31.7 Å². The van der Waals surface area contributed by atoms with Crippen LogP contribution >= 0.6 is 0 Å². The van der Waals surface area contributed by atoms with Gasteiger partial charge in [-0.05, 0) is 18.4 Å². The highest BCUT2D eigenvalue weighted by Crippen LogP contribution is 2.31. The molecule has 1 N–H and O–H groups in total. The largest absolute Gasteiger partial charge is 0.374 e. The molecule has 0 saturated carbocycles. The van der Waals surface area contributed by atoms with Gasteiger partial charge in [0.1, 0.15) is 0 Å². The van der Waals surface area contributed by atoms with Gasteiger partial charge in [0.05, 0.1) is 43.6 Å². The number of benzene rings is 1. The molecule has 0 unspecified atom stereocenters. The van der Waals surface area contributed by atoms with Gasteiger partial charge in [0.15, 0.2) is 0 Å². The van der Waals surface area contributed by atoms with Crippen molar-refractivity contribution in [2.24, 2.45) is 0 Å². The number of imidazole rings is 1. The van der Waals surface area contributed by atoms with Crippen LogP contribution in [0.25, 0.3) is 0 Å². The smallest absolute Gasteiger partial charge is 0.0994 e. The van der Waals surface area contributed by atoms with E-state index in [9.17, 15) is 0 Å². The molecule has 0 bridgehead atoms. The predicted molar refractivity (Wildman–Crippen MR) is 71.5 cm³/mol. The van der Waals surface area contributed by atoms with Crippen molar-refractivity contribution in [3.05, 3.63) is 54.1 Å². The molecule has 1 saturated heterocycles. The van der Waals surface area contributed by atoms with Gasteiger partial charge in [-0.3, -0.25) is 0 Å². The second-order valence-corrected chi connectivity index (χ2v) is 4.83. The van der Waals surface area contributed by atoms with E-state index in [4.69, 9.17) is 9.47 Å². The average molecular weight is 258 g/mol. The molecule has 3 rings (SSSR count). The molecule has 0 aliphatic carbocycles. The van der Waals surface area contributed by atoms with Crippen molar-refractivity contribution in [1.82, 2.24) is 9.97 Å². The number of hydrogen-bond donors (Lipinski definition) is 1. The quantitative estimate of drug-likeness (QED) is 0.897. The molecule has 1 aliphatic heterocycles. The van der Waals surface area contributed by atoms with Gasteiger partial charge in [-0.15, -0.1) is 0 Å². The first kappa shape index (κ1) is 12.4. The van der Waals surface area contributed by atoms with Crippen LogP contribution in [0.15, 0.2) is 42.9 Å². The molecule has 2 atom stereocenters. The summed E-state index contributed by atoms with van der Waals surface area (Å²) < 4.78 is 11.7. The standard InChI is InChI=1S/C15H18N2O2/c1-2-4-12(5-3-1)9-18-10-13-6-7-15(19-13)14-8-16-11-17-14/h1-5,8,11,13,15H,6-7,9-10H2,(H,16,17)/t13-,15+/m0/s1. The molecule has 4 heteroatoms. The maximum Gasteiger partial charge on any atom is 0.0994 e. The third-order valence-corrected chi connectivity index (χ3v) is 3.39. The molecule has 1 aromatic carbocycles. The monoisotopic (exact) mass is 258 g/mol. The molecule has 2 heterocycles. The number of aromatic amines is 1. The van der Waals surface area contributed by atoms with Crippen LogP contribution in [0.5, 0.6) is 0 Å². The van der Waals surface area contributed by atoms with Gasteiger partial charge in [0, 0.05) is 0 Å². The van der Waals surface area contributed by atoms with Gasteiger partial charge >= 0.3 is 0 Å². The normalized spacial score (nSPS) is 22.7. The van der Waals surface area contributed by atoms with E-state index in [0.717, 1.165) is 18.5 Å². The minimum absolute atomic E-state index is 0.146. The Morgan fingerprint density at radius 3 is 2.95 bits per heavy atom. The summed E-state index contributed by atoms with van der Waals surface area (Å²) in [6.45, 7) is 1.30. The molecule has 0 amide bonds. The van der Waals surface area contributed by atoms with E-state index in [1.165, 1.54) is 5.56 Å². The van der Waals surface area contributed by atoms with Crippen LogP contribution in [0.2, 0.25) is 0 Å². The van der Waals surface area contributed by atoms with E-state index in [0.29, 0.717) is 13.2 Å². The van der Waals surface area contributed by atoms with Crippen LogP contribution in [-0.2, 0) is 16.1 Å². The van der Waals surface area contributed by atoms with Crippen molar-refractivity contribution < 1.29 is 9.47 Å². The van der Waals surface area contributed by atoms with Crippen LogP contribution in [0.1, 0.15) is 30.2 Å². The van der Waals surface area contributed by atoms with Crippen LogP contribution < -0.4 is 0 Å². The molecular formula is C15H18N2O2. The number of H-pyrrole nitrogens is 1. The predicted octanol–water partition coefficient (Wildman–Crippen LogP) is 2.85. The fourth-order valence-electron chi connectivity index (χ4n) is 2.38. The maximum absolute atomic E-state index is 5.95. The molecule has 1 fully saturated rings. The lowest BCUT2D eigenvalue weighted by atomic mass is 10.1. The summed E-state index contributed by atoms with van der Waals surface area (Å²) in [5.74, 6) is 0. The minimum Gasteiger partial charge on any atom is -0.374 e. The molecule has 2 aromatic rings. The Hall–Kier alpha value is -1.65. The van der Waals surface area contributed by atoms with Crippen molar-refractivity contribution in [3.8, 4) is 0 Å². The second-order valence-electron chi connectivity index (χ2n) is 4.83. The summed E-state index contributed by atoms with van der Waals surface area (Å²) >= 11 is 0. The first-order chi connectivity index (χ1) is 9.42. The van der Waals surface area contributed by atoms with Gasteiger partial charge in [0.2, 0.25) is 0 Å². The zero-order valence-corrected chi connectivity index (χ0v) is 10.8. The van der Waals surface area contributed by atoms with E-state index in [-0.39, 0.29) is 12.2 Å². The highest BCUT2D eigenvalue weighted by atomic mass is 16.5. The van der Waals surface area contributed by atoms with E-state index in [1.807, 2.05) is 24.4 Å². The van der Waals surface area contributed by atoms with Gasteiger partial charge < -0.3 is 14.5 Å². The van der Waals surface area contributed by atoms with Crippen molar-refractivity contribution in [3.63, 3.8) is 0 Å². The molecule has 0 radical (unpaired) electrons. The number of rotatable bonds is 5.